The molecule has 1 fully saturated rings. The number of likely N-dealkylation sites (tertiary alicyclic amines) is 1. The molecule has 2 aromatic heterocycles. The van der Waals surface area contributed by atoms with E-state index in [0.717, 1.165) is 43.3 Å². The monoisotopic (exact) mass is 333 g/mol. The van der Waals surface area contributed by atoms with Gasteiger partial charge in [0.15, 0.2) is 0 Å². The lowest BCUT2D eigenvalue weighted by Crippen LogP contribution is -2.25. The summed E-state index contributed by atoms with van der Waals surface area (Å²) in [5, 5.41) is 4.41. The molecule has 0 spiro atoms. The molecule has 3 heterocycles. The molecular formula is C17H27N5O2. The lowest BCUT2D eigenvalue weighted by Gasteiger charge is -2.21. The van der Waals surface area contributed by atoms with Gasteiger partial charge in [0.05, 0.1) is 37.2 Å². The molecule has 1 saturated heterocycles. The molecule has 0 aliphatic carbocycles. The largest absolute Gasteiger partial charge is 0.383 e. The highest BCUT2D eigenvalue weighted by Gasteiger charge is 2.35. The summed E-state index contributed by atoms with van der Waals surface area (Å²) in [5.74, 6) is 1.04. The van der Waals surface area contributed by atoms with Crippen LogP contribution in [0.3, 0.4) is 0 Å². The molecule has 2 atom stereocenters. The van der Waals surface area contributed by atoms with Crippen molar-refractivity contribution < 1.29 is 9.47 Å². The molecule has 0 unspecified atom stereocenters. The van der Waals surface area contributed by atoms with Gasteiger partial charge in [-0.2, -0.15) is 5.10 Å². The number of hydrogen-bond donors (Lipinski definition) is 1. The van der Waals surface area contributed by atoms with Gasteiger partial charge in [-0.05, 0) is 20.3 Å². The second-order valence-corrected chi connectivity index (χ2v) is 6.48. The van der Waals surface area contributed by atoms with Crippen LogP contribution in [0.1, 0.15) is 35.2 Å². The van der Waals surface area contributed by atoms with Gasteiger partial charge in [-0.1, -0.05) is 0 Å². The van der Waals surface area contributed by atoms with Gasteiger partial charge in [0.2, 0.25) is 0 Å². The quantitative estimate of drug-likeness (QED) is 0.837. The number of nitrogens with one attached hydrogen (secondary N) is 1. The van der Waals surface area contributed by atoms with Gasteiger partial charge in [-0.25, -0.2) is 4.98 Å². The number of methoxy groups -OCH3 is 2. The van der Waals surface area contributed by atoms with Crippen LogP contribution in [-0.2, 0) is 22.6 Å². The zero-order valence-electron chi connectivity index (χ0n) is 15.0. The summed E-state index contributed by atoms with van der Waals surface area (Å²) < 4.78 is 12.6. The van der Waals surface area contributed by atoms with Crippen LogP contribution in [0.2, 0.25) is 0 Å². The predicted molar refractivity (Wildman–Crippen MR) is 90.7 cm³/mol. The van der Waals surface area contributed by atoms with E-state index in [-0.39, 0.29) is 12.1 Å². The maximum Gasteiger partial charge on any atom is 0.124 e. The Bertz CT molecular complexity index is 646. The lowest BCUT2D eigenvalue weighted by molar-refractivity contribution is 0.107. The van der Waals surface area contributed by atoms with E-state index in [9.17, 15) is 0 Å². The minimum atomic E-state index is 0.240. The fourth-order valence-corrected chi connectivity index (χ4v) is 3.25. The van der Waals surface area contributed by atoms with Gasteiger partial charge in [-0.15, -0.1) is 0 Å². The van der Waals surface area contributed by atoms with Gasteiger partial charge >= 0.3 is 0 Å². The number of H-pyrrole nitrogens is 1. The first-order valence-corrected chi connectivity index (χ1v) is 8.41. The Balaban J connectivity index is 1.72. The third-order valence-electron chi connectivity index (χ3n) is 4.76. The third-order valence-corrected chi connectivity index (χ3v) is 4.76. The highest BCUT2D eigenvalue weighted by molar-refractivity contribution is 5.15. The SMILES string of the molecule is COCCn1cc(CN2C[C@H](OC)C[C@H]2c2nc(C)c(C)[nH]2)cn1. The second-order valence-electron chi connectivity index (χ2n) is 6.48. The van der Waals surface area contributed by atoms with Crippen molar-refractivity contribution in [2.45, 2.75) is 45.5 Å². The van der Waals surface area contributed by atoms with Crippen LogP contribution in [-0.4, -0.2) is 58.1 Å². The van der Waals surface area contributed by atoms with Crippen molar-refractivity contribution in [1.82, 2.24) is 24.6 Å². The lowest BCUT2D eigenvalue weighted by atomic mass is 10.2. The Hall–Kier alpha value is -1.70. The molecule has 1 N–H and O–H groups in total. The van der Waals surface area contributed by atoms with Gasteiger partial charge < -0.3 is 14.5 Å². The van der Waals surface area contributed by atoms with Crippen molar-refractivity contribution in [3.63, 3.8) is 0 Å². The number of hydrogen-bond acceptors (Lipinski definition) is 5. The number of nitrogens with zero attached hydrogens (tertiary/aromatic N) is 4. The third kappa shape index (κ3) is 3.68. The van der Waals surface area contributed by atoms with Crippen LogP contribution in [0.15, 0.2) is 12.4 Å². The predicted octanol–water partition coefficient (Wildman–Crippen LogP) is 1.83. The van der Waals surface area contributed by atoms with E-state index in [1.165, 1.54) is 5.56 Å². The van der Waals surface area contributed by atoms with Crippen molar-refractivity contribution in [1.29, 1.82) is 0 Å². The van der Waals surface area contributed by atoms with Crippen molar-refractivity contribution in [2.24, 2.45) is 0 Å². The normalized spacial score (nSPS) is 21.7. The maximum atomic E-state index is 5.61. The molecule has 1 aliphatic rings. The van der Waals surface area contributed by atoms with Gasteiger partial charge in [-0.3, -0.25) is 9.58 Å². The van der Waals surface area contributed by atoms with Crippen molar-refractivity contribution in [3.05, 3.63) is 35.2 Å². The fourth-order valence-electron chi connectivity index (χ4n) is 3.25. The summed E-state index contributed by atoms with van der Waals surface area (Å²) in [6, 6.07) is 0.254. The number of rotatable bonds is 7. The molecule has 1 aliphatic heterocycles. The van der Waals surface area contributed by atoms with Gasteiger partial charge in [0.25, 0.3) is 0 Å². The first-order chi connectivity index (χ1) is 11.6. The first-order valence-electron chi connectivity index (χ1n) is 8.41. The van der Waals surface area contributed by atoms with E-state index in [1.54, 1.807) is 14.2 Å². The van der Waals surface area contributed by atoms with Crippen LogP contribution < -0.4 is 0 Å². The summed E-state index contributed by atoms with van der Waals surface area (Å²) >= 11 is 0. The number of aryl methyl sites for hydroxylation is 2. The zero-order chi connectivity index (χ0) is 17.1. The minimum absolute atomic E-state index is 0.240. The summed E-state index contributed by atoms with van der Waals surface area (Å²) in [6.07, 6.45) is 5.23. The summed E-state index contributed by atoms with van der Waals surface area (Å²) in [5.41, 5.74) is 3.41. The Morgan fingerprint density at radius 3 is 2.83 bits per heavy atom. The smallest absolute Gasteiger partial charge is 0.124 e. The molecule has 0 radical (unpaired) electrons. The van der Waals surface area contributed by atoms with Gasteiger partial charge in [0, 0.05) is 44.8 Å². The Morgan fingerprint density at radius 2 is 2.17 bits per heavy atom. The molecule has 132 valence electrons. The molecule has 7 heteroatoms. The molecule has 0 amide bonds. The van der Waals surface area contributed by atoms with Crippen LogP contribution in [0.5, 0.6) is 0 Å². The van der Waals surface area contributed by atoms with E-state index in [1.807, 2.05) is 17.8 Å². The highest BCUT2D eigenvalue weighted by atomic mass is 16.5. The summed E-state index contributed by atoms with van der Waals surface area (Å²) in [4.78, 5) is 10.6. The molecule has 0 aromatic carbocycles. The molecule has 2 aromatic rings. The Labute approximate surface area is 143 Å². The fraction of sp³-hybridized carbons (Fsp3) is 0.647. The van der Waals surface area contributed by atoms with Crippen molar-refractivity contribution in [3.8, 4) is 0 Å². The van der Waals surface area contributed by atoms with E-state index in [4.69, 9.17) is 14.5 Å². The minimum Gasteiger partial charge on any atom is -0.383 e. The summed E-state index contributed by atoms with van der Waals surface area (Å²) in [7, 11) is 3.49. The topological polar surface area (TPSA) is 68.2 Å². The van der Waals surface area contributed by atoms with E-state index in [2.05, 4.69) is 28.1 Å². The summed E-state index contributed by atoms with van der Waals surface area (Å²) in [6.45, 7) is 7.31. The average Bonchev–Trinajstić information content (AvgIpc) is 3.26. The number of ether oxygens (including phenoxy) is 2. The van der Waals surface area contributed by atoms with E-state index in [0.29, 0.717) is 6.61 Å². The molecule has 0 bridgehead atoms. The molecule has 24 heavy (non-hydrogen) atoms. The van der Waals surface area contributed by atoms with Crippen molar-refractivity contribution >= 4 is 0 Å². The zero-order valence-corrected chi connectivity index (χ0v) is 15.0. The maximum absolute atomic E-state index is 5.61. The molecular weight excluding hydrogens is 306 g/mol. The number of imidazole rings is 1. The van der Waals surface area contributed by atoms with Gasteiger partial charge in [0.1, 0.15) is 5.82 Å². The van der Waals surface area contributed by atoms with Crippen LogP contribution in [0.4, 0.5) is 0 Å². The first kappa shape index (κ1) is 17.1. The molecule has 0 saturated carbocycles. The second kappa shape index (κ2) is 7.46. The average molecular weight is 333 g/mol. The van der Waals surface area contributed by atoms with Crippen molar-refractivity contribution in [2.75, 3.05) is 27.4 Å². The Kier molecular flexibility index (Phi) is 5.33. The van der Waals surface area contributed by atoms with E-state index >= 15 is 0 Å². The van der Waals surface area contributed by atoms with Crippen LogP contribution in [0, 0.1) is 13.8 Å². The van der Waals surface area contributed by atoms with Crippen LogP contribution >= 0.6 is 0 Å². The standard InChI is InChI=1S/C17H27N5O2/c1-12-13(2)20-17(19-12)16-7-15(24-4)11-21(16)9-14-8-18-22(10-14)5-6-23-3/h8,10,15-16H,5-7,9,11H2,1-4H3,(H,19,20)/t15-,16+/m1/s1. The highest BCUT2D eigenvalue weighted by Crippen LogP contribution is 2.33. The van der Waals surface area contributed by atoms with Crippen LogP contribution in [0.25, 0.3) is 0 Å². The molecule has 3 rings (SSSR count). The number of aromatic amines is 1. The van der Waals surface area contributed by atoms with E-state index < -0.39 is 0 Å². The molecule has 7 nitrogen and oxygen atoms in total. The Morgan fingerprint density at radius 1 is 1.33 bits per heavy atom. The number of aromatic nitrogens is 4.